The highest BCUT2D eigenvalue weighted by Gasteiger charge is 2.23. The topological polar surface area (TPSA) is 43.6 Å². The molecule has 1 aliphatic carbocycles. The van der Waals surface area contributed by atoms with Crippen molar-refractivity contribution >= 4 is 0 Å². The van der Waals surface area contributed by atoms with Crippen LogP contribution >= 0.6 is 0 Å². The Morgan fingerprint density at radius 1 is 1.24 bits per heavy atom. The van der Waals surface area contributed by atoms with Crippen LogP contribution in [0.4, 0.5) is 0 Å². The number of fused-ring (bicyclic) bond motifs is 2. The summed E-state index contributed by atoms with van der Waals surface area (Å²) in [5.74, 6) is 1.65. The van der Waals surface area contributed by atoms with Crippen molar-refractivity contribution in [3.05, 3.63) is 46.8 Å². The van der Waals surface area contributed by atoms with E-state index in [0.717, 1.165) is 42.9 Å². The lowest BCUT2D eigenvalue weighted by molar-refractivity contribution is 0.155. The molecule has 0 amide bonds. The third kappa shape index (κ3) is 2.10. The molecule has 0 bridgehead atoms. The second-order valence-corrected chi connectivity index (χ2v) is 5.87. The minimum atomic E-state index is -0.301. The van der Waals surface area contributed by atoms with Gasteiger partial charge in [0.05, 0.1) is 6.10 Å². The maximum Gasteiger partial charge on any atom is 0.231 e. The van der Waals surface area contributed by atoms with E-state index in [2.05, 4.69) is 23.6 Å². The zero-order chi connectivity index (χ0) is 14.4. The first kappa shape index (κ1) is 12.8. The van der Waals surface area contributed by atoms with E-state index in [0.29, 0.717) is 6.79 Å². The van der Waals surface area contributed by atoms with Crippen LogP contribution < -0.4 is 9.47 Å². The van der Waals surface area contributed by atoms with Crippen LogP contribution in [0.2, 0.25) is 0 Å². The molecule has 2 heterocycles. The van der Waals surface area contributed by atoms with E-state index in [1.54, 1.807) is 0 Å². The number of hydrogen-bond donors (Lipinski definition) is 1. The van der Waals surface area contributed by atoms with E-state index < -0.39 is 0 Å². The number of aryl methyl sites for hydroxylation is 1. The van der Waals surface area contributed by atoms with Crippen molar-refractivity contribution in [1.82, 2.24) is 4.57 Å². The maximum absolute atomic E-state index is 10.1. The smallest absolute Gasteiger partial charge is 0.231 e. The molecule has 0 spiro atoms. The average molecular weight is 285 g/mol. The Hall–Kier alpha value is -1.94. The molecule has 0 radical (unpaired) electrons. The van der Waals surface area contributed by atoms with E-state index in [1.165, 1.54) is 17.0 Å². The summed E-state index contributed by atoms with van der Waals surface area (Å²) in [5.41, 5.74) is 4.79. The van der Waals surface area contributed by atoms with Crippen LogP contribution in [0.5, 0.6) is 11.5 Å². The molecular formula is C17H19NO3. The molecule has 1 unspecified atom stereocenters. The molecule has 4 rings (SSSR count). The molecular weight excluding hydrogens is 266 g/mol. The standard InChI is InChI=1S/C17H19NO3/c1-11-7-13-14(3-2-4-15(13)19)18(11)9-12-5-6-16-17(8-12)21-10-20-16/h5-8,15,19H,2-4,9-10H2,1H3. The van der Waals surface area contributed by atoms with Gasteiger partial charge >= 0.3 is 0 Å². The average Bonchev–Trinajstić information content (AvgIpc) is 3.05. The third-order valence-corrected chi connectivity index (χ3v) is 4.48. The van der Waals surface area contributed by atoms with Gasteiger partial charge in [-0.1, -0.05) is 6.07 Å². The molecule has 2 aliphatic rings. The molecule has 1 atom stereocenters. The molecule has 2 aromatic rings. The highest BCUT2D eigenvalue weighted by atomic mass is 16.7. The minimum Gasteiger partial charge on any atom is -0.454 e. The lowest BCUT2D eigenvalue weighted by atomic mass is 9.95. The van der Waals surface area contributed by atoms with Crippen LogP contribution in [0.25, 0.3) is 0 Å². The molecule has 4 heteroatoms. The minimum absolute atomic E-state index is 0.301. The second kappa shape index (κ2) is 4.81. The van der Waals surface area contributed by atoms with Crippen molar-refractivity contribution in [2.75, 3.05) is 6.79 Å². The van der Waals surface area contributed by atoms with Crippen LogP contribution in [0.3, 0.4) is 0 Å². The summed E-state index contributed by atoms with van der Waals surface area (Å²) >= 11 is 0. The Bertz CT molecular complexity index is 690. The molecule has 1 aromatic heterocycles. The Morgan fingerprint density at radius 3 is 3.00 bits per heavy atom. The number of hydrogen-bond acceptors (Lipinski definition) is 3. The Kier molecular flexibility index (Phi) is 2.93. The van der Waals surface area contributed by atoms with Gasteiger partial charge in [0.25, 0.3) is 0 Å². The number of aliphatic hydroxyl groups excluding tert-OH is 1. The fourth-order valence-electron chi connectivity index (χ4n) is 3.38. The molecule has 21 heavy (non-hydrogen) atoms. The molecule has 0 saturated heterocycles. The first-order valence-corrected chi connectivity index (χ1v) is 7.48. The van der Waals surface area contributed by atoms with Crippen molar-refractivity contribution in [3.8, 4) is 11.5 Å². The maximum atomic E-state index is 10.1. The van der Waals surface area contributed by atoms with Crippen molar-refractivity contribution in [1.29, 1.82) is 0 Å². The molecule has 0 fully saturated rings. The molecule has 0 saturated carbocycles. The lowest BCUT2D eigenvalue weighted by Crippen LogP contribution is -2.13. The summed E-state index contributed by atoms with van der Waals surface area (Å²) in [6.45, 7) is 3.23. The van der Waals surface area contributed by atoms with Crippen LogP contribution in [0.1, 0.15) is 41.5 Å². The number of aromatic nitrogens is 1. The van der Waals surface area contributed by atoms with Crippen LogP contribution in [-0.4, -0.2) is 16.5 Å². The van der Waals surface area contributed by atoms with Gasteiger partial charge in [0.1, 0.15) is 0 Å². The van der Waals surface area contributed by atoms with Crippen LogP contribution in [0.15, 0.2) is 24.3 Å². The second-order valence-electron chi connectivity index (χ2n) is 5.87. The SMILES string of the molecule is Cc1cc2c(n1Cc1ccc3c(c1)OCO3)CCCC2O. The zero-order valence-electron chi connectivity index (χ0n) is 12.1. The summed E-state index contributed by atoms with van der Waals surface area (Å²) in [4.78, 5) is 0. The Morgan fingerprint density at radius 2 is 2.10 bits per heavy atom. The summed E-state index contributed by atoms with van der Waals surface area (Å²) in [7, 11) is 0. The summed E-state index contributed by atoms with van der Waals surface area (Å²) < 4.78 is 13.1. The monoisotopic (exact) mass is 285 g/mol. The van der Waals surface area contributed by atoms with Gasteiger partial charge < -0.3 is 19.1 Å². The molecule has 1 N–H and O–H groups in total. The molecule has 4 nitrogen and oxygen atoms in total. The van der Waals surface area contributed by atoms with Gasteiger partial charge in [-0.2, -0.15) is 0 Å². The number of benzene rings is 1. The van der Waals surface area contributed by atoms with Crippen LogP contribution in [-0.2, 0) is 13.0 Å². The van der Waals surface area contributed by atoms with E-state index in [9.17, 15) is 5.11 Å². The number of rotatable bonds is 2. The number of nitrogens with zero attached hydrogens (tertiary/aromatic N) is 1. The quantitative estimate of drug-likeness (QED) is 0.922. The van der Waals surface area contributed by atoms with Crippen molar-refractivity contribution < 1.29 is 14.6 Å². The lowest BCUT2D eigenvalue weighted by Gasteiger charge is -2.20. The van der Waals surface area contributed by atoms with Crippen molar-refractivity contribution in [2.24, 2.45) is 0 Å². The van der Waals surface area contributed by atoms with Gasteiger partial charge in [-0.25, -0.2) is 0 Å². The van der Waals surface area contributed by atoms with Gasteiger partial charge in [0.15, 0.2) is 11.5 Å². The van der Waals surface area contributed by atoms with Crippen molar-refractivity contribution in [3.63, 3.8) is 0 Å². The number of aliphatic hydroxyl groups is 1. The summed E-state index contributed by atoms with van der Waals surface area (Å²) in [5, 5.41) is 10.1. The van der Waals surface area contributed by atoms with Gasteiger partial charge in [0, 0.05) is 23.5 Å². The van der Waals surface area contributed by atoms with E-state index in [4.69, 9.17) is 9.47 Å². The fourth-order valence-corrected chi connectivity index (χ4v) is 3.38. The predicted octanol–water partition coefficient (Wildman–Crippen LogP) is 2.94. The first-order valence-electron chi connectivity index (χ1n) is 7.48. The first-order chi connectivity index (χ1) is 10.2. The third-order valence-electron chi connectivity index (χ3n) is 4.48. The van der Waals surface area contributed by atoms with E-state index in [1.807, 2.05) is 12.1 Å². The van der Waals surface area contributed by atoms with Gasteiger partial charge in [-0.15, -0.1) is 0 Å². The van der Waals surface area contributed by atoms with E-state index in [-0.39, 0.29) is 6.10 Å². The number of ether oxygens (including phenoxy) is 2. The van der Waals surface area contributed by atoms with E-state index >= 15 is 0 Å². The predicted molar refractivity (Wildman–Crippen MR) is 78.7 cm³/mol. The summed E-state index contributed by atoms with van der Waals surface area (Å²) in [6, 6.07) is 8.23. The molecule has 1 aromatic carbocycles. The zero-order valence-corrected chi connectivity index (χ0v) is 12.1. The normalized spacial score (nSPS) is 19.6. The van der Waals surface area contributed by atoms with Gasteiger partial charge in [-0.05, 0) is 49.9 Å². The largest absolute Gasteiger partial charge is 0.454 e. The fraction of sp³-hybridized carbons (Fsp3) is 0.412. The highest BCUT2D eigenvalue weighted by Crippen LogP contribution is 2.35. The van der Waals surface area contributed by atoms with Gasteiger partial charge in [0.2, 0.25) is 6.79 Å². The van der Waals surface area contributed by atoms with Gasteiger partial charge in [-0.3, -0.25) is 0 Å². The Balaban J connectivity index is 1.68. The van der Waals surface area contributed by atoms with Crippen LogP contribution in [0, 0.1) is 6.92 Å². The Labute approximate surface area is 123 Å². The molecule has 110 valence electrons. The summed E-state index contributed by atoms with van der Waals surface area (Å²) in [6.07, 6.45) is 2.68. The van der Waals surface area contributed by atoms with Crippen molar-refractivity contribution in [2.45, 2.75) is 38.8 Å². The molecule has 1 aliphatic heterocycles. The highest BCUT2D eigenvalue weighted by molar-refractivity contribution is 5.45.